The molecular weight excluding hydrogens is 352 g/mol. The van der Waals surface area contributed by atoms with Crippen LogP contribution in [0, 0.1) is 5.92 Å². The first-order valence-electron chi connectivity index (χ1n) is 6.65. The summed E-state index contributed by atoms with van der Waals surface area (Å²) < 4.78 is 11.8. The molecule has 2 aromatic rings. The van der Waals surface area contributed by atoms with Gasteiger partial charge in [-0.05, 0) is 34.0 Å². The first-order chi connectivity index (χ1) is 10.4. The molecule has 1 amide bonds. The summed E-state index contributed by atoms with van der Waals surface area (Å²) >= 11 is 3.46. The number of rotatable bonds is 6. The largest absolute Gasteiger partial charge is 0.493 e. The van der Waals surface area contributed by atoms with Crippen molar-refractivity contribution in [3.63, 3.8) is 0 Å². The van der Waals surface area contributed by atoms with Gasteiger partial charge in [0.25, 0.3) is 5.91 Å². The molecule has 3 N–H and O–H groups in total. The van der Waals surface area contributed by atoms with E-state index in [1.54, 1.807) is 19.2 Å². The van der Waals surface area contributed by atoms with Crippen LogP contribution in [0.4, 0.5) is 0 Å². The number of methoxy groups -OCH3 is 1. The van der Waals surface area contributed by atoms with Gasteiger partial charge in [0.05, 0.1) is 18.2 Å². The molecule has 1 aromatic carbocycles. The average molecular weight is 369 g/mol. The zero-order valence-electron chi connectivity index (χ0n) is 12.5. The summed E-state index contributed by atoms with van der Waals surface area (Å²) in [6.45, 7) is 4.68. The Hall–Kier alpha value is -2.09. The minimum atomic E-state index is -0.654. The number of nitrogens with two attached hydrogens (primary N) is 1. The Morgan fingerprint density at radius 3 is 2.73 bits per heavy atom. The van der Waals surface area contributed by atoms with Crippen LogP contribution in [0.5, 0.6) is 11.5 Å². The van der Waals surface area contributed by atoms with E-state index in [2.05, 4.69) is 45.2 Å². The molecule has 0 saturated heterocycles. The molecule has 0 aliphatic carbocycles. The van der Waals surface area contributed by atoms with Gasteiger partial charge in [0.15, 0.2) is 17.2 Å². The molecule has 0 aliphatic rings. The second-order valence-corrected chi connectivity index (χ2v) is 5.93. The summed E-state index contributed by atoms with van der Waals surface area (Å²) in [7, 11) is 1.55. The van der Waals surface area contributed by atoms with E-state index in [0.717, 1.165) is 0 Å². The van der Waals surface area contributed by atoms with Crippen molar-refractivity contribution in [2.75, 3.05) is 13.7 Å². The zero-order chi connectivity index (χ0) is 16.3. The molecule has 7 nitrogen and oxygen atoms in total. The monoisotopic (exact) mass is 368 g/mol. The lowest BCUT2D eigenvalue weighted by Gasteiger charge is -2.15. The fourth-order valence-corrected chi connectivity index (χ4v) is 2.41. The van der Waals surface area contributed by atoms with Gasteiger partial charge in [-0.1, -0.05) is 13.8 Å². The minimum Gasteiger partial charge on any atom is -0.493 e. The highest BCUT2D eigenvalue weighted by Crippen LogP contribution is 2.39. The van der Waals surface area contributed by atoms with Crippen molar-refractivity contribution in [1.29, 1.82) is 0 Å². The van der Waals surface area contributed by atoms with Gasteiger partial charge in [-0.2, -0.15) is 15.4 Å². The molecular formula is C14H17BrN4O3. The Bertz CT molecular complexity index is 685. The number of hydrogen-bond donors (Lipinski definition) is 2. The third kappa shape index (κ3) is 3.38. The molecule has 0 unspecified atom stereocenters. The molecule has 0 saturated carbocycles. The molecule has 118 valence electrons. The van der Waals surface area contributed by atoms with Crippen LogP contribution in [0.2, 0.25) is 0 Å². The number of amides is 1. The number of nitrogens with one attached hydrogen (secondary N) is 1. The van der Waals surface area contributed by atoms with Crippen molar-refractivity contribution in [3.05, 3.63) is 22.3 Å². The molecule has 8 heteroatoms. The van der Waals surface area contributed by atoms with Gasteiger partial charge in [0.1, 0.15) is 5.69 Å². The van der Waals surface area contributed by atoms with Crippen LogP contribution >= 0.6 is 15.9 Å². The van der Waals surface area contributed by atoms with Gasteiger partial charge in [-0.15, -0.1) is 0 Å². The Balaban J connectivity index is 2.45. The molecule has 1 aromatic heterocycles. The van der Waals surface area contributed by atoms with E-state index in [1.807, 2.05) is 0 Å². The van der Waals surface area contributed by atoms with E-state index in [4.69, 9.17) is 15.2 Å². The Kier molecular flexibility index (Phi) is 5.02. The number of ether oxygens (including phenoxy) is 2. The van der Waals surface area contributed by atoms with Gasteiger partial charge in [0, 0.05) is 5.56 Å². The Labute approximate surface area is 136 Å². The van der Waals surface area contributed by atoms with Crippen molar-refractivity contribution < 1.29 is 14.3 Å². The van der Waals surface area contributed by atoms with E-state index in [9.17, 15) is 4.79 Å². The highest BCUT2D eigenvalue weighted by molar-refractivity contribution is 9.10. The van der Waals surface area contributed by atoms with Crippen LogP contribution in [0.25, 0.3) is 11.3 Å². The van der Waals surface area contributed by atoms with Crippen LogP contribution in [0.1, 0.15) is 24.3 Å². The van der Waals surface area contributed by atoms with Crippen molar-refractivity contribution >= 4 is 21.8 Å². The smallest absolute Gasteiger partial charge is 0.271 e. The van der Waals surface area contributed by atoms with E-state index >= 15 is 0 Å². The second-order valence-electron chi connectivity index (χ2n) is 5.08. The van der Waals surface area contributed by atoms with Crippen molar-refractivity contribution in [3.8, 4) is 22.8 Å². The lowest BCUT2D eigenvalue weighted by Crippen LogP contribution is -2.12. The molecule has 0 spiro atoms. The van der Waals surface area contributed by atoms with Crippen molar-refractivity contribution in [1.82, 2.24) is 15.4 Å². The van der Waals surface area contributed by atoms with E-state index in [-0.39, 0.29) is 5.69 Å². The quantitative estimate of drug-likeness (QED) is 0.814. The Morgan fingerprint density at radius 2 is 2.14 bits per heavy atom. The van der Waals surface area contributed by atoms with Gasteiger partial charge in [-0.3, -0.25) is 4.79 Å². The van der Waals surface area contributed by atoms with Gasteiger partial charge < -0.3 is 15.2 Å². The number of aromatic nitrogens is 3. The highest BCUT2D eigenvalue weighted by Gasteiger charge is 2.19. The van der Waals surface area contributed by atoms with Crippen molar-refractivity contribution in [2.24, 2.45) is 11.7 Å². The number of nitrogens with zero attached hydrogens (tertiary/aromatic N) is 2. The topological polar surface area (TPSA) is 103 Å². The van der Waals surface area contributed by atoms with Gasteiger partial charge in [0.2, 0.25) is 0 Å². The first-order valence-corrected chi connectivity index (χ1v) is 7.44. The minimum absolute atomic E-state index is 0.0739. The lowest BCUT2D eigenvalue weighted by atomic mass is 10.1. The maximum atomic E-state index is 11.4. The zero-order valence-corrected chi connectivity index (χ0v) is 14.1. The third-order valence-electron chi connectivity index (χ3n) is 2.85. The van der Waals surface area contributed by atoms with Crippen LogP contribution in [0.3, 0.4) is 0 Å². The average Bonchev–Trinajstić information content (AvgIpc) is 2.94. The SMILES string of the molecule is COc1cc(-c2n[nH]nc2C(N)=O)cc(Br)c1OCC(C)C. The van der Waals surface area contributed by atoms with Gasteiger partial charge >= 0.3 is 0 Å². The summed E-state index contributed by atoms with van der Waals surface area (Å²) in [5, 5.41) is 10.1. The summed E-state index contributed by atoms with van der Waals surface area (Å²) in [6, 6.07) is 3.51. The normalized spacial score (nSPS) is 10.8. The Morgan fingerprint density at radius 1 is 1.41 bits per heavy atom. The first kappa shape index (κ1) is 16.3. The number of H-pyrrole nitrogens is 1. The second kappa shape index (κ2) is 6.78. The predicted molar refractivity (Wildman–Crippen MR) is 84.9 cm³/mol. The number of carbonyl (C=O) groups is 1. The third-order valence-corrected chi connectivity index (χ3v) is 3.43. The summed E-state index contributed by atoms with van der Waals surface area (Å²) in [5.74, 6) is 0.861. The fourth-order valence-electron chi connectivity index (χ4n) is 1.85. The summed E-state index contributed by atoms with van der Waals surface area (Å²) in [6.07, 6.45) is 0. The molecule has 0 fully saturated rings. The van der Waals surface area contributed by atoms with E-state index < -0.39 is 5.91 Å². The maximum absolute atomic E-state index is 11.4. The van der Waals surface area contributed by atoms with Crippen LogP contribution < -0.4 is 15.2 Å². The molecule has 0 atom stereocenters. The molecule has 0 bridgehead atoms. The van der Waals surface area contributed by atoms with Crippen molar-refractivity contribution in [2.45, 2.75) is 13.8 Å². The molecule has 2 rings (SSSR count). The number of carbonyl (C=O) groups excluding carboxylic acids is 1. The fraction of sp³-hybridized carbons (Fsp3) is 0.357. The van der Waals surface area contributed by atoms with Crippen LogP contribution in [-0.2, 0) is 0 Å². The van der Waals surface area contributed by atoms with Gasteiger partial charge in [-0.25, -0.2) is 0 Å². The molecule has 22 heavy (non-hydrogen) atoms. The maximum Gasteiger partial charge on any atom is 0.271 e. The molecule has 0 radical (unpaired) electrons. The lowest BCUT2D eigenvalue weighted by molar-refractivity contribution is 0.0996. The highest BCUT2D eigenvalue weighted by atomic mass is 79.9. The van der Waals surface area contributed by atoms with E-state index in [0.29, 0.717) is 39.8 Å². The number of primary amides is 1. The predicted octanol–water partition coefficient (Wildman–Crippen LogP) is 2.38. The number of aromatic amines is 1. The van der Waals surface area contributed by atoms with Crippen LogP contribution in [-0.4, -0.2) is 35.0 Å². The standard InChI is InChI=1S/C14H17BrN4O3/c1-7(2)6-22-13-9(15)4-8(5-10(13)21-3)11-12(14(16)20)18-19-17-11/h4-5,7H,6H2,1-3H3,(H2,16,20)(H,17,18,19). The molecule has 1 heterocycles. The molecule has 0 aliphatic heterocycles. The summed E-state index contributed by atoms with van der Waals surface area (Å²) in [4.78, 5) is 11.4. The number of halogens is 1. The number of hydrogen-bond acceptors (Lipinski definition) is 5. The van der Waals surface area contributed by atoms with Crippen LogP contribution in [0.15, 0.2) is 16.6 Å². The van der Waals surface area contributed by atoms with E-state index in [1.165, 1.54) is 0 Å². The number of benzene rings is 1. The summed E-state index contributed by atoms with van der Waals surface area (Å²) in [5.41, 5.74) is 6.37.